The van der Waals surface area contributed by atoms with Crippen LogP contribution in [0.2, 0.25) is 0 Å². The van der Waals surface area contributed by atoms with Crippen molar-refractivity contribution in [1.29, 1.82) is 0 Å². The van der Waals surface area contributed by atoms with Crippen molar-refractivity contribution in [3.05, 3.63) is 65.5 Å². The Hall–Kier alpha value is -2.93. The molecule has 0 spiro atoms. The van der Waals surface area contributed by atoms with Crippen molar-refractivity contribution in [3.8, 4) is 0 Å². The summed E-state index contributed by atoms with van der Waals surface area (Å²) in [6.45, 7) is 1.72. The zero-order chi connectivity index (χ0) is 17.5. The van der Waals surface area contributed by atoms with Crippen LogP contribution in [0.4, 0.5) is 4.79 Å². The second kappa shape index (κ2) is 8.07. The average Bonchev–Trinajstić information content (AvgIpc) is 2.58. The highest BCUT2D eigenvalue weighted by molar-refractivity contribution is 5.80. The number of nitrogens with zero attached hydrogens (tertiary/aromatic N) is 1. The molecule has 0 saturated carbocycles. The number of hydrogen-bond donors (Lipinski definition) is 3. The number of aryl methyl sites for hydroxylation is 1. The fourth-order valence-electron chi connectivity index (χ4n) is 2.13. The largest absolute Gasteiger partial charge is 0.480 e. The van der Waals surface area contributed by atoms with Crippen LogP contribution in [0.5, 0.6) is 0 Å². The van der Waals surface area contributed by atoms with Gasteiger partial charge in [0.05, 0.1) is 0 Å². The number of aliphatic carboxylic acids is 1. The van der Waals surface area contributed by atoms with Gasteiger partial charge < -0.3 is 20.3 Å². The molecule has 2 atom stereocenters. The number of benzene rings is 1. The van der Waals surface area contributed by atoms with Crippen molar-refractivity contribution in [2.45, 2.75) is 25.7 Å². The number of carbonyl (C=O) groups is 2. The Labute approximate surface area is 138 Å². The molecule has 7 nitrogen and oxygen atoms in total. The van der Waals surface area contributed by atoms with Gasteiger partial charge in [-0.05, 0) is 24.1 Å². The lowest BCUT2D eigenvalue weighted by atomic mass is 10.0. The highest BCUT2D eigenvalue weighted by Crippen LogP contribution is 2.20. The summed E-state index contributed by atoms with van der Waals surface area (Å²) in [7, 11) is 0. The van der Waals surface area contributed by atoms with Gasteiger partial charge in [0.2, 0.25) is 0 Å². The molecule has 0 aliphatic heterocycles. The van der Waals surface area contributed by atoms with E-state index in [2.05, 4.69) is 10.3 Å². The summed E-state index contributed by atoms with van der Waals surface area (Å²) in [5.41, 5.74) is 1.76. The Kier molecular flexibility index (Phi) is 5.86. The van der Waals surface area contributed by atoms with Gasteiger partial charge in [-0.3, -0.25) is 4.98 Å². The number of amides is 1. The number of carboxylic acids is 1. The summed E-state index contributed by atoms with van der Waals surface area (Å²) in [6.07, 6.45) is 0.530. The molecule has 1 heterocycles. The van der Waals surface area contributed by atoms with Gasteiger partial charge in [0, 0.05) is 18.0 Å². The van der Waals surface area contributed by atoms with Crippen molar-refractivity contribution in [2.75, 3.05) is 0 Å². The van der Waals surface area contributed by atoms with Crippen LogP contribution >= 0.6 is 0 Å². The molecular formula is C17H18N2O5. The van der Waals surface area contributed by atoms with Gasteiger partial charge in [-0.15, -0.1) is 0 Å². The Morgan fingerprint density at radius 2 is 1.96 bits per heavy atom. The summed E-state index contributed by atoms with van der Waals surface area (Å²) < 4.78 is 4.98. The molecule has 0 aliphatic rings. The van der Waals surface area contributed by atoms with E-state index < -0.39 is 24.2 Å². The van der Waals surface area contributed by atoms with Crippen molar-refractivity contribution in [3.63, 3.8) is 0 Å². The molecule has 0 radical (unpaired) electrons. The Morgan fingerprint density at radius 1 is 1.25 bits per heavy atom. The number of alkyl carbamates (subject to hydrolysis) is 1. The zero-order valence-electron chi connectivity index (χ0n) is 13.0. The molecule has 3 N–H and O–H groups in total. The molecule has 0 aliphatic carbocycles. The van der Waals surface area contributed by atoms with Gasteiger partial charge in [-0.25, -0.2) is 9.59 Å². The number of aromatic nitrogens is 1. The van der Waals surface area contributed by atoms with E-state index in [1.165, 1.54) is 12.4 Å². The lowest BCUT2D eigenvalue weighted by Gasteiger charge is -2.21. The molecule has 126 valence electrons. The average molecular weight is 330 g/mol. The molecule has 0 bridgehead atoms. The van der Waals surface area contributed by atoms with Gasteiger partial charge in [0.15, 0.2) is 6.04 Å². The van der Waals surface area contributed by atoms with Gasteiger partial charge in [0.1, 0.15) is 12.7 Å². The lowest BCUT2D eigenvalue weighted by molar-refractivity contribution is -0.142. The van der Waals surface area contributed by atoms with E-state index in [0.717, 1.165) is 5.56 Å². The van der Waals surface area contributed by atoms with Crippen molar-refractivity contribution >= 4 is 12.1 Å². The normalized spacial score (nSPS) is 12.9. The maximum absolute atomic E-state index is 11.8. The molecule has 0 fully saturated rings. The molecule has 1 amide bonds. The number of pyridine rings is 1. The summed E-state index contributed by atoms with van der Waals surface area (Å²) in [6, 6.07) is 9.07. The zero-order valence-corrected chi connectivity index (χ0v) is 13.0. The monoisotopic (exact) mass is 330 g/mol. The van der Waals surface area contributed by atoms with Crippen LogP contribution in [0.1, 0.15) is 22.8 Å². The minimum Gasteiger partial charge on any atom is -0.480 e. The number of hydrogen-bond acceptors (Lipinski definition) is 5. The van der Waals surface area contributed by atoms with E-state index in [1.54, 1.807) is 37.3 Å². The highest BCUT2D eigenvalue weighted by atomic mass is 16.5. The Morgan fingerprint density at radius 3 is 2.58 bits per heavy atom. The van der Waals surface area contributed by atoms with E-state index in [-0.39, 0.29) is 6.61 Å². The van der Waals surface area contributed by atoms with Crippen molar-refractivity contribution in [2.24, 2.45) is 0 Å². The topological polar surface area (TPSA) is 109 Å². The van der Waals surface area contributed by atoms with Gasteiger partial charge in [0.25, 0.3) is 0 Å². The number of carbonyl (C=O) groups excluding carboxylic acids is 1. The third kappa shape index (κ3) is 4.53. The number of ether oxygens (including phenoxy) is 1. The summed E-state index contributed by atoms with van der Waals surface area (Å²) in [5, 5.41) is 21.7. The molecule has 2 rings (SSSR count). The van der Waals surface area contributed by atoms with E-state index in [1.807, 2.05) is 6.07 Å². The molecule has 1 aromatic heterocycles. The maximum atomic E-state index is 11.8. The van der Waals surface area contributed by atoms with E-state index in [0.29, 0.717) is 11.1 Å². The van der Waals surface area contributed by atoms with Crippen LogP contribution in [0, 0.1) is 6.92 Å². The first-order valence-electron chi connectivity index (χ1n) is 7.27. The minimum absolute atomic E-state index is 0.00102. The molecule has 7 heteroatoms. The number of carboxylic acid groups (broad SMARTS) is 1. The van der Waals surface area contributed by atoms with E-state index in [9.17, 15) is 19.8 Å². The van der Waals surface area contributed by atoms with Crippen LogP contribution in [-0.4, -0.2) is 33.3 Å². The van der Waals surface area contributed by atoms with E-state index >= 15 is 0 Å². The van der Waals surface area contributed by atoms with Crippen LogP contribution < -0.4 is 5.32 Å². The summed E-state index contributed by atoms with van der Waals surface area (Å²) >= 11 is 0. The Balaban J connectivity index is 2.01. The molecule has 24 heavy (non-hydrogen) atoms. The molecule has 0 unspecified atom stereocenters. The second-order valence-corrected chi connectivity index (χ2v) is 5.20. The summed E-state index contributed by atoms with van der Waals surface area (Å²) in [5.74, 6) is -1.37. The lowest BCUT2D eigenvalue weighted by Crippen LogP contribution is -2.45. The fraction of sp³-hybridized carbons (Fsp3) is 0.235. The van der Waals surface area contributed by atoms with Crippen molar-refractivity contribution < 1.29 is 24.5 Å². The maximum Gasteiger partial charge on any atom is 0.408 e. The molecular weight excluding hydrogens is 312 g/mol. The standard InChI is InChI=1S/C17H18N2O5/c1-11-7-8-18-9-13(11)15(20)14(16(21)22)19-17(23)24-10-12-5-3-2-4-6-12/h2-9,14-15,20H,10H2,1H3,(H,19,23)(H,21,22)/t14-,15-/m0/s1. The van der Waals surface area contributed by atoms with Crippen molar-refractivity contribution in [1.82, 2.24) is 10.3 Å². The SMILES string of the molecule is Cc1ccncc1[C@H](O)[C@H](NC(=O)OCc1ccccc1)C(=O)O. The number of nitrogens with one attached hydrogen (secondary N) is 1. The van der Waals surface area contributed by atoms with Crippen LogP contribution in [0.25, 0.3) is 0 Å². The first-order valence-corrected chi connectivity index (χ1v) is 7.27. The second-order valence-electron chi connectivity index (χ2n) is 5.20. The predicted molar refractivity (Wildman–Crippen MR) is 85.1 cm³/mol. The predicted octanol–water partition coefficient (Wildman–Crippen LogP) is 1.80. The van der Waals surface area contributed by atoms with Gasteiger partial charge >= 0.3 is 12.1 Å². The van der Waals surface area contributed by atoms with Gasteiger partial charge in [-0.1, -0.05) is 30.3 Å². The van der Waals surface area contributed by atoms with Crippen LogP contribution in [0.3, 0.4) is 0 Å². The molecule has 2 aromatic rings. The number of rotatable bonds is 6. The molecule has 0 saturated heterocycles. The summed E-state index contributed by atoms with van der Waals surface area (Å²) in [4.78, 5) is 27.1. The van der Waals surface area contributed by atoms with Crippen LogP contribution in [-0.2, 0) is 16.1 Å². The third-order valence-electron chi connectivity index (χ3n) is 3.47. The smallest absolute Gasteiger partial charge is 0.408 e. The van der Waals surface area contributed by atoms with Gasteiger partial charge in [-0.2, -0.15) is 0 Å². The van der Waals surface area contributed by atoms with Crippen LogP contribution in [0.15, 0.2) is 48.8 Å². The number of aliphatic hydroxyl groups is 1. The first-order chi connectivity index (χ1) is 11.5. The minimum atomic E-state index is -1.55. The highest BCUT2D eigenvalue weighted by Gasteiger charge is 2.31. The molecule has 1 aromatic carbocycles. The third-order valence-corrected chi connectivity index (χ3v) is 3.47. The quantitative estimate of drug-likeness (QED) is 0.745. The fourth-order valence-corrected chi connectivity index (χ4v) is 2.13. The first kappa shape index (κ1) is 17.4. The Bertz CT molecular complexity index is 705. The number of aliphatic hydroxyl groups excluding tert-OH is 1. The van der Waals surface area contributed by atoms with E-state index in [4.69, 9.17) is 4.74 Å².